The molecule has 1 aliphatic carbocycles. The number of rotatable bonds is 9. The van der Waals surface area contributed by atoms with Gasteiger partial charge >= 0.3 is 0 Å². The van der Waals surface area contributed by atoms with E-state index in [-0.39, 0.29) is 11.5 Å². The van der Waals surface area contributed by atoms with Crippen LogP contribution >= 0.6 is 0 Å². The fourth-order valence-corrected chi connectivity index (χ4v) is 4.63. The standard InChI is InChI=1S/C29H32O2/c1-2-21-31-29(19-10-5-11-20-29)23-30-27-18-12-17-26(22-27)28(24-13-6-3-7-14-24)25-15-8-4-9-16-25/h2-4,6-9,12-18,22,28H,1,5,10-11,19-21,23H2. The van der Waals surface area contributed by atoms with E-state index in [2.05, 4.69) is 91.5 Å². The predicted octanol–water partition coefficient (Wildman–Crippen LogP) is 7.15. The molecule has 3 aromatic carbocycles. The van der Waals surface area contributed by atoms with Crippen molar-refractivity contribution in [3.8, 4) is 5.75 Å². The van der Waals surface area contributed by atoms with Crippen LogP contribution < -0.4 is 4.74 Å². The van der Waals surface area contributed by atoms with Crippen LogP contribution in [0.15, 0.2) is 97.6 Å². The van der Waals surface area contributed by atoms with E-state index in [0.29, 0.717) is 13.2 Å². The van der Waals surface area contributed by atoms with Crippen LogP contribution in [0.3, 0.4) is 0 Å². The minimum Gasteiger partial charge on any atom is -0.491 e. The molecule has 31 heavy (non-hydrogen) atoms. The van der Waals surface area contributed by atoms with E-state index in [9.17, 15) is 0 Å². The monoisotopic (exact) mass is 412 g/mol. The topological polar surface area (TPSA) is 18.5 Å². The molecule has 0 radical (unpaired) electrons. The first-order valence-corrected chi connectivity index (χ1v) is 11.4. The Morgan fingerprint density at radius 2 is 1.39 bits per heavy atom. The first kappa shape index (κ1) is 21.4. The van der Waals surface area contributed by atoms with Crippen molar-refractivity contribution in [1.29, 1.82) is 0 Å². The molecule has 160 valence electrons. The van der Waals surface area contributed by atoms with Gasteiger partial charge in [0, 0.05) is 5.92 Å². The Hall–Kier alpha value is -2.84. The van der Waals surface area contributed by atoms with Crippen molar-refractivity contribution in [3.63, 3.8) is 0 Å². The fourth-order valence-electron chi connectivity index (χ4n) is 4.63. The average Bonchev–Trinajstić information content (AvgIpc) is 2.84. The maximum Gasteiger partial charge on any atom is 0.119 e. The molecule has 0 aliphatic heterocycles. The van der Waals surface area contributed by atoms with E-state index >= 15 is 0 Å². The van der Waals surface area contributed by atoms with Crippen LogP contribution in [0.1, 0.15) is 54.7 Å². The lowest BCUT2D eigenvalue weighted by atomic mass is 9.85. The van der Waals surface area contributed by atoms with Gasteiger partial charge in [0.2, 0.25) is 0 Å². The lowest BCUT2D eigenvalue weighted by Gasteiger charge is -2.36. The second-order valence-corrected chi connectivity index (χ2v) is 8.46. The molecule has 0 atom stereocenters. The molecule has 1 saturated carbocycles. The molecular formula is C29H32O2. The molecule has 1 fully saturated rings. The molecule has 1 aliphatic rings. The number of benzene rings is 3. The maximum atomic E-state index is 6.35. The summed E-state index contributed by atoms with van der Waals surface area (Å²) in [5.41, 5.74) is 3.60. The molecule has 3 aromatic rings. The minimum absolute atomic E-state index is 0.173. The molecule has 0 unspecified atom stereocenters. The highest BCUT2D eigenvalue weighted by molar-refractivity contribution is 5.45. The summed E-state index contributed by atoms with van der Waals surface area (Å²) in [5.74, 6) is 1.08. The Bertz CT molecular complexity index is 903. The second kappa shape index (κ2) is 10.5. The Balaban J connectivity index is 1.58. The van der Waals surface area contributed by atoms with Crippen LogP contribution in [0.2, 0.25) is 0 Å². The number of ether oxygens (including phenoxy) is 2. The Labute approximate surface area is 186 Å². The van der Waals surface area contributed by atoms with Crippen molar-refractivity contribution in [3.05, 3.63) is 114 Å². The van der Waals surface area contributed by atoms with Crippen LogP contribution in [0.5, 0.6) is 5.75 Å². The Kier molecular flexibility index (Phi) is 7.22. The van der Waals surface area contributed by atoms with Gasteiger partial charge < -0.3 is 9.47 Å². The van der Waals surface area contributed by atoms with Crippen molar-refractivity contribution in [2.24, 2.45) is 0 Å². The molecule has 0 bridgehead atoms. The molecule has 0 aromatic heterocycles. The van der Waals surface area contributed by atoms with Crippen LogP contribution in [0, 0.1) is 0 Å². The Morgan fingerprint density at radius 1 is 0.774 bits per heavy atom. The van der Waals surface area contributed by atoms with E-state index in [0.717, 1.165) is 18.6 Å². The van der Waals surface area contributed by atoms with Crippen LogP contribution in [0.4, 0.5) is 0 Å². The molecule has 2 heteroatoms. The summed E-state index contributed by atoms with van der Waals surface area (Å²) in [6, 6.07) is 29.9. The van der Waals surface area contributed by atoms with Gasteiger partial charge in [0.15, 0.2) is 0 Å². The SMILES string of the molecule is C=CCOC1(COc2cccc(C(c3ccccc3)c3ccccc3)c2)CCCCC1. The molecule has 0 heterocycles. The summed E-state index contributed by atoms with van der Waals surface area (Å²) in [6.45, 7) is 4.98. The van der Waals surface area contributed by atoms with Crippen LogP contribution in [-0.4, -0.2) is 18.8 Å². The van der Waals surface area contributed by atoms with E-state index in [1.54, 1.807) is 0 Å². The zero-order valence-corrected chi connectivity index (χ0v) is 18.2. The zero-order valence-electron chi connectivity index (χ0n) is 18.2. The van der Waals surface area contributed by atoms with Crippen LogP contribution in [0.25, 0.3) is 0 Å². The largest absolute Gasteiger partial charge is 0.491 e. The minimum atomic E-state index is -0.194. The third kappa shape index (κ3) is 5.45. The van der Waals surface area contributed by atoms with Crippen LogP contribution in [-0.2, 0) is 4.74 Å². The molecular weight excluding hydrogens is 380 g/mol. The smallest absolute Gasteiger partial charge is 0.119 e. The average molecular weight is 413 g/mol. The second-order valence-electron chi connectivity index (χ2n) is 8.46. The third-order valence-electron chi connectivity index (χ3n) is 6.23. The molecule has 0 saturated heterocycles. The quantitative estimate of drug-likeness (QED) is 0.274. The van der Waals surface area contributed by atoms with Gasteiger partial charge in [-0.3, -0.25) is 0 Å². The van der Waals surface area contributed by atoms with Gasteiger partial charge in [0.05, 0.1) is 6.61 Å². The summed E-state index contributed by atoms with van der Waals surface area (Å²) >= 11 is 0. The molecule has 0 spiro atoms. The summed E-state index contributed by atoms with van der Waals surface area (Å²) < 4.78 is 12.6. The van der Waals surface area contributed by atoms with Crippen molar-refractivity contribution < 1.29 is 9.47 Å². The van der Waals surface area contributed by atoms with Gasteiger partial charge in [-0.2, -0.15) is 0 Å². The van der Waals surface area contributed by atoms with E-state index in [4.69, 9.17) is 9.47 Å². The summed E-state index contributed by atoms with van der Waals surface area (Å²) in [6.07, 6.45) is 7.62. The van der Waals surface area contributed by atoms with E-state index in [1.807, 2.05) is 6.08 Å². The van der Waals surface area contributed by atoms with E-state index in [1.165, 1.54) is 36.0 Å². The molecule has 0 N–H and O–H groups in total. The van der Waals surface area contributed by atoms with Crippen molar-refractivity contribution in [1.82, 2.24) is 0 Å². The Morgan fingerprint density at radius 3 is 2.00 bits per heavy atom. The third-order valence-corrected chi connectivity index (χ3v) is 6.23. The van der Waals surface area contributed by atoms with Gasteiger partial charge in [0.1, 0.15) is 18.0 Å². The lowest BCUT2D eigenvalue weighted by Crippen LogP contribution is -2.41. The maximum absolute atomic E-state index is 6.35. The van der Waals surface area contributed by atoms with Gasteiger partial charge in [0.25, 0.3) is 0 Å². The van der Waals surface area contributed by atoms with Gasteiger partial charge in [-0.05, 0) is 41.7 Å². The summed E-state index contributed by atoms with van der Waals surface area (Å²) in [5, 5.41) is 0. The lowest BCUT2D eigenvalue weighted by molar-refractivity contribution is -0.0841. The summed E-state index contributed by atoms with van der Waals surface area (Å²) in [7, 11) is 0. The number of hydrogen-bond donors (Lipinski definition) is 0. The zero-order chi connectivity index (χ0) is 21.4. The molecule has 0 amide bonds. The highest BCUT2D eigenvalue weighted by Crippen LogP contribution is 2.35. The van der Waals surface area contributed by atoms with Crippen molar-refractivity contribution >= 4 is 0 Å². The van der Waals surface area contributed by atoms with Gasteiger partial charge in [-0.25, -0.2) is 0 Å². The predicted molar refractivity (Wildman–Crippen MR) is 128 cm³/mol. The highest BCUT2D eigenvalue weighted by atomic mass is 16.5. The first-order valence-electron chi connectivity index (χ1n) is 11.4. The first-order chi connectivity index (χ1) is 15.3. The van der Waals surface area contributed by atoms with Gasteiger partial charge in [-0.15, -0.1) is 6.58 Å². The normalized spacial score (nSPS) is 15.5. The van der Waals surface area contributed by atoms with Crippen molar-refractivity contribution in [2.75, 3.05) is 13.2 Å². The molecule has 2 nitrogen and oxygen atoms in total. The van der Waals surface area contributed by atoms with Gasteiger partial charge in [-0.1, -0.05) is 98.1 Å². The number of hydrogen-bond acceptors (Lipinski definition) is 2. The highest BCUT2D eigenvalue weighted by Gasteiger charge is 2.33. The summed E-state index contributed by atoms with van der Waals surface area (Å²) in [4.78, 5) is 0. The van der Waals surface area contributed by atoms with E-state index < -0.39 is 0 Å². The fraction of sp³-hybridized carbons (Fsp3) is 0.310. The van der Waals surface area contributed by atoms with Crippen molar-refractivity contribution in [2.45, 2.75) is 43.6 Å². The molecule has 4 rings (SSSR count).